The molecule has 2 aromatic rings. The third kappa shape index (κ3) is 3.70. The van der Waals surface area contributed by atoms with Gasteiger partial charge in [-0.1, -0.05) is 0 Å². The van der Waals surface area contributed by atoms with Crippen LogP contribution in [0, 0.1) is 10.1 Å². The summed E-state index contributed by atoms with van der Waals surface area (Å²) in [5.41, 5.74) is 0.277. The van der Waals surface area contributed by atoms with Crippen LogP contribution >= 0.6 is 7.82 Å². The zero-order valence-electron chi connectivity index (χ0n) is 12.4. The fourth-order valence-corrected chi connectivity index (χ4v) is 2.87. The number of aliphatic hydroxyl groups is 2. The van der Waals surface area contributed by atoms with Crippen LogP contribution in [0.4, 0.5) is 5.69 Å². The zero-order chi connectivity index (χ0) is 18.4. The standard InChI is InChI=1S/C12H14N3O9P/c16-10-9(5-23-25(20,21)22)24-12(11(10)17)14-4-6-3-7(15(18)19)1-2-8(6)13-14/h1-4,9-12,16-17H,5H2,(H2,20,21,22)/t9-,10-,11-,12-/m1/s1. The van der Waals surface area contributed by atoms with Crippen LogP contribution in [0.3, 0.4) is 0 Å². The molecule has 136 valence electrons. The first-order valence-electron chi connectivity index (χ1n) is 7.01. The number of nitrogens with zero attached hydrogens (tertiary/aromatic N) is 3. The molecule has 1 aliphatic rings. The number of nitro benzene ring substituents is 1. The molecule has 4 N–H and O–H groups in total. The number of ether oxygens (including phenoxy) is 1. The summed E-state index contributed by atoms with van der Waals surface area (Å²) in [5.74, 6) is 0. The topological polar surface area (TPSA) is 177 Å². The Labute approximate surface area is 139 Å². The molecule has 0 bridgehead atoms. The average Bonchev–Trinajstić information content (AvgIpc) is 3.06. The van der Waals surface area contributed by atoms with Crippen molar-refractivity contribution < 1.29 is 38.7 Å². The fourth-order valence-electron chi connectivity index (χ4n) is 2.53. The first-order chi connectivity index (χ1) is 11.7. The van der Waals surface area contributed by atoms with Gasteiger partial charge < -0.3 is 24.7 Å². The van der Waals surface area contributed by atoms with Crippen LogP contribution in [-0.2, 0) is 13.8 Å². The number of phosphoric ester groups is 1. The maximum absolute atomic E-state index is 10.8. The number of aliphatic hydroxyl groups excluding tert-OH is 2. The average molecular weight is 375 g/mol. The maximum atomic E-state index is 10.8. The molecule has 1 aliphatic heterocycles. The van der Waals surface area contributed by atoms with Gasteiger partial charge in [0.05, 0.1) is 17.0 Å². The molecule has 3 rings (SSSR count). The molecule has 1 aromatic heterocycles. The van der Waals surface area contributed by atoms with Gasteiger partial charge in [-0.15, -0.1) is 0 Å². The molecule has 4 atom stereocenters. The number of aromatic nitrogens is 2. The molecule has 2 heterocycles. The number of fused-ring (bicyclic) bond motifs is 1. The lowest BCUT2D eigenvalue weighted by Crippen LogP contribution is -2.33. The third-order valence-corrected chi connectivity index (χ3v) is 4.21. The first kappa shape index (κ1) is 17.9. The van der Waals surface area contributed by atoms with E-state index in [0.29, 0.717) is 10.9 Å². The van der Waals surface area contributed by atoms with Crippen LogP contribution in [0.2, 0.25) is 0 Å². The van der Waals surface area contributed by atoms with Crippen molar-refractivity contribution in [3.8, 4) is 0 Å². The Morgan fingerprint density at radius 2 is 2.08 bits per heavy atom. The van der Waals surface area contributed by atoms with Crippen molar-refractivity contribution in [1.29, 1.82) is 0 Å². The summed E-state index contributed by atoms with van der Waals surface area (Å²) in [6, 6.07) is 4.00. The van der Waals surface area contributed by atoms with E-state index in [9.17, 15) is 24.9 Å². The van der Waals surface area contributed by atoms with Crippen LogP contribution in [0.1, 0.15) is 6.23 Å². The Kier molecular flexibility index (Phi) is 4.60. The highest BCUT2D eigenvalue weighted by molar-refractivity contribution is 7.46. The molecule has 1 saturated heterocycles. The summed E-state index contributed by atoms with van der Waals surface area (Å²) in [4.78, 5) is 27.6. The summed E-state index contributed by atoms with van der Waals surface area (Å²) in [7, 11) is -4.75. The van der Waals surface area contributed by atoms with Crippen molar-refractivity contribution in [2.75, 3.05) is 6.61 Å². The van der Waals surface area contributed by atoms with Crippen molar-refractivity contribution >= 4 is 24.4 Å². The van der Waals surface area contributed by atoms with Crippen molar-refractivity contribution in [1.82, 2.24) is 9.78 Å². The smallest absolute Gasteiger partial charge is 0.387 e. The van der Waals surface area contributed by atoms with E-state index in [2.05, 4.69) is 9.62 Å². The van der Waals surface area contributed by atoms with Gasteiger partial charge in [0.2, 0.25) is 0 Å². The second kappa shape index (κ2) is 6.42. The molecule has 13 heteroatoms. The minimum atomic E-state index is -4.75. The van der Waals surface area contributed by atoms with E-state index in [4.69, 9.17) is 14.5 Å². The van der Waals surface area contributed by atoms with E-state index in [1.807, 2.05) is 0 Å². The number of rotatable bonds is 5. The van der Waals surface area contributed by atoms with Gasteiger partial charge in [0.1, 0.15) is 18.3 Å². The van der Waals surface area contributed by atoms with Gasteiger partial charge in [0, 0.05) is 23.7 Å². The molecule has 1 aromatic carbocycles. The Morgan fingerprint density at radius 3 is 2.72 bits per heavy atom. The number of non-ortho nitro benzene ring substituents is 1. The molecule has 25 heavy (non-hydrogen) atoms. The number of phosphoric acid groups is 1. The van der Waals surface area contributed by atoms with Crippen molar-refractivity contribution in [3.63, 3.8) is 0 Å². The van der Waals surface area contributed by atoms with Crippen LogP contribution < -0.4 is 0 Å². The largest absolute Gasteiger partial charge is 0.469 e. The van der Waals surface area contributed by atoms with Crippen LogP contribution in [0.15, 0.2) is 24.4 Å². The lowest BCUT2D eigenvalue weighted by Gasteiger charge is -2.14. The van der Waals surface area contributed by atoms with E-state index in [1.54, 1.807) is 0 Å². The maximum Gasteiger partial charge on any atom is 0.469 e. The second-order valence-corrected chi connectivity index (χ2v) is 6.68. The SMILES string of the molecule is O=[N+]([O-])c1ccc2nn([C@@H]3O[C@H](COP(=O)(O)O)[C@@H](O)[C@H]3O)cc2c1. The van der Waals surface area contributed by atoms with E-state index in [1.165, 1.54) is 29.1 Å². The monoisotopic (exact) mass is 375 g/mol. The molecule has 0 aliphatic carbocycles. The summed E-state index contributed by atoms with van der Waals surface area (Å²) < 4.78 is 21.6. The minimum absolute atomic E-state index is 0.132. The van der Waals surface area contributed by atoms with Gasteiger partial charge in [-0.3, -0.25) is 14.6 Å². The quantitative estimate of drug-likeness (QED) is 0.307. The molecular weight excluding hydrogens is 361 g/mol. The third-order valence-electron chi connectivity index (χ3n) is 3.72. The molecule has 0 amide bonds. The fraction of sp³-hybridized carbons (Fsp3) is 0.417. The van der Waals surface area contributed by atoms with Gasteiger partial charge in [-0.2, -0.15) is 5.10 Å². The lowest BCUT2D eigenvalue weighted by molar-refractivity contribution is -0.384. The summed E-state index contributed by atoms with van der Waals surface area (Å²) in [6.07, 6.45) is -3.83. The Morgan fingerprint density at radius 1 is 1.36 bits per heavy atom. The highest BCUT2D eigenvalue weighted by Crippen LogP contribution is 2.38. The van der Waals surface area contributed by atoms with Crippen LogP contribution in [0.25, 0.3) is 10.9 Å². The summed E-state index contributed by atoms with van der Waals surface area (Å²) in [5, 5.41) is 35.4. The van der Waals surface area contributed by atoms with E-state index in [0.717, 1.165) is 0 Å². The second-order valence-electron chi connectivity index (χ2n) is 5.44. The first-order valence-corrected chi connectivity index (χ1v) is 8.54. The Balaban J connectivity index is 1.82. The molecule has 0 spiro atoms. The van der Waals surface area contributed by atoms with Crippen molar-refractivity contribution in [2.45, 2.75) is 24.5 Å². The van der Waals surface area contributed by atoms with E-state index in [-0.39, 0.29) is 5.69 Å². The number of nitro groups is 1. The Hall–Kier alpha value is -1.92. The summed E-state index contributed by atoms with van der Waals surface area (Å²) in [6.45, 7) is -0.634. The van der Waals surface area contributed by atoms with Gasteiger partial charge in [-0.05, 0) is 6.07 Å². The van der Waals surface area contributed by atoms with Crippen LogP contribution in [-0.4, -0.2) is 59.6 Å². The minimum Gasteiger partial charge on any atom is -0.387 e. The highest BCUT2D eigenvalue weighted by Gasteiger charge is 2.45. The van der Waals surface area contributed by atoms with Gasteiger partial charge >= 0.3 is 7.82 Å². The van der Waals surface area contributed by atoms with Crippen LogP contribution in [0.5, 0.6) is 0 Å². The number of hydrogen-bond acceptors (Lipinski definition) is 8. The molecule has 0 unspecified atom stereocenters. The van der Waals surface area contributed by atoms with Gasteiger partial charge in [-0.25, -0.2) is 9.25 Å². The number of hydrogen-bond donors (Lipinski definition) is 4. The lowest BCUT2D eigenvalue weighted by atomic mass is 10.1. The van der Waals surface area contributed by atoms with Gasteiger partial charge in [0.15, 0.2) is 6.23 Å². The molecular formula is C12H14N3O9P. The molecule has 1 fully saturated rings. The summed E-state index contributed by atoms with van der Waals surface area (Å²) >= 11 is 0. The number of benzene rings is 1. The normalized spacial score (nSPS) is 27.0. The van der Waals surface area contributed by atoms with E-state index >= 15 is 0 Å². The predicted octanol–water partition coefficient (Wildman–Crippen LogP) is -0.327. The predicted molar refractivity (Wildman–Crippen MR) is 80.3 cm³/mol. The molecule has 0 radical (unpaired) electrons. The van der Waals surface area contributed by atoms with Crippen molar-refractivity contribution in [2.24, 2.45) is 0 Å². The zero-order valence-corrected chi connectivity index (χ0v) is 13.3. The highest BCUT2D eigenvalue weighted by atomic mass is 31.2. The van der Waals surface area contributed by atoms with Gasteiger partial charge in [0.25, 0.3) is 5.69 Å². The molecule has 12 nitrogen and oxygen atoms in total. The van der Waals surface area contributed by atoms with E-state index < -0.39 is 43.9 Å². The van der Waals surface area contributed by atoms with Crippen molar-refractivity contribution in [3.05, 3.63) is 34.5 Å². The molecule has 0 saturated carbocycles. The Bertz CT molecular complexity index is 849.